The van der Waals surface area contributed by atoms with E-state index in [1.165, 1.54) is 11.3 Å². The lowest BCUT2D eigenvalue weighted by molar-refractivity contribution is 0.102. The molecule has 0 atom stereocenters. The van der Waals surface area contributed by atoms with Crippen molar-refractivity contribution in [2.75, 3.05) is 26.0 Å². The van der Waals surface area contributed by atoms with Gasteiger partial charge in [-0.05, 0) is 44.3 Å². The zero-order chi connectivity index (χ0) is 16.8. The highest BCUT2D eigenvalue weighted by Gasteiger charge is 2.10. The third-order valence-corrected chi connectivity index (χ3v) is 3.76. The molecule has 1 amide bonds. The quantitative estimate of drug-likeness (QED) is 0.843. The molecule has 0 aliphatic rings. The van der Waals surface area contributed by atoms with Gasteiger partial charge in [0.05, 0.1) is 12.3 Å². The number of hydrogen-bond acceptors (Lipinski definition) is 5. The Kier molecular flexibility index (Phi) is 6.12. The monoisotopic (exact) mass is 333 g/mol. The largest absolute Gasteiger partial charge is 0.493 e. The number of carbonyl (C=O) groups is 1. The molecule has 0 bridgehead atoms. The van der Waals surface area contributed by atoms with Crippen molar-refractivity contribution in [2.45, 2.75) is 20.4 Å². The summed E-state index contributed by atoms with van der Waals surface area (Å²) in [4.78, 5) is 18.7. The maximum absolute atomic E-state index is 12.2. The Labute approximate surface area is 141 Å². The topological polar surface area (TPSA) is 54.5 Å². The number of anilines is 1. The van der Waals surface area contributed by atoms with Gasteiger partial charge in [0.2, 0.25) is 0 Å². The average Bonchev–Trinajstić information content (AvgIpc) is 2.91. The molecule has 6 heteroatoms. The molecule has 0 aliphatic heterocycles. The number of nitrogens with one attached hydrogen (secondary N) is 1. The lowest BCUT2D eigenvalue weighted by Crippen LogP contribution is -2.13. The number of amides is 1. The van der Waals surface area contributed by atoms with Gasteiger partial charge >= 0.3 is 0 Å². The van der Waals surface area contributed by atoms with Crippen molar-refractivity contribution in [3.05, 3.63) is 40.9 Å². The highest BCUT2D eigenvalue weighted by molar-refractivity contribution is 7.13. The van der Waals surface area contributed by atoms with Crippen LogP contribution < -0.4 is 10.1 Å². The smallest absolute Gasteiger partial charge is 0.257 e. The van der Waals surface area contributed by atoms with Gasteiger partial charge in [-0.3, -0.25) is 10.1 Å². The van der Waals surface area contributed by atoms with Gasteiger partial charge in [0, 0.05) is 17.5 Å². The Morgan fingerprint density at radius 2 is 2.00 bits per heavy atom. The van der Waals surface area contributed by atoms with E-state index in [4.69, 9.17) is 4.74 Å². The number of ether oxygens (including phenoxy) is 1. The summed E-state index contributed by atoms with van der Waals surface area (Å²) in [6, 6.07) is 7.16. The molecule has 1 aromatic carbocycles. The molecule has 0 unspecified atom stereocenters. The molecule has 0 saturated heterocycles. The van der Waals surface area contributed by atoms with E-state index >= 15 is 0 Å². The Bertz CT molecular complexity index is 636. The number of nitrogens with zero attached hydrogens (tertiary/aromatic N) is 2. The highest BCUT2D eigenvalue weighted by atomic mass is 32.1. The standard InChI is InChI=1S/C17H23N3O2S/c1-12(2)10-22-15-7-5-13(6-8-15)16(21)19-17-18-14(11-23-17)9-20(3)4/h5-8,11-12H,9-10H2,1-4H3,(H,18,19,21). The van der Waals surface area contributed by atoms with Crippen molar-refractivity contribution in [1.29, 1.82) is 0 Å². The summed E-state index contributed by atoms with van der Waals surface area (Å²) < 4.78 is 5.61. The van der Waals surface area contributed by atoms with Crippen LogP contribution in [-0.2, 0) is 6.54 Å². The summed E-state index contributed by atoms with van der Waals surface area (Å²) >= 11 is 1.43. The van der Waals surface area contributed by atoms with Gasteiger partial charge in [0.1, 0.15) is 5.75 Å². The second-order valence-corrected chi connectivity index (χ2v) is 6.92. The van der Waals surface area contributed by atoms with Crippen LogP contribution in [0.2, 0.25) is 0 Å². The minimum absolute atomic E-state index is 0.161. The number of carbonyl (C=O) groups excluding carboxylic acids is 1. The normalized spacial score (nSPS) is 11.0. The summed E-state index contributed by atoms with van der Waals surface area (Å²) in [5.74, 6) is 1.09. The maximum atomic E-state index is 12.2. The van der Waals surface area contributed by atoms with Crippen molar-refractivity contribution < 1.29 is 9.53 Å². The van der Waals surface area contributed by atoms with Gasteiger partial charge < -0.3 is 9.64 Å². The second-order valence-electron chi connectivity index (χ2n) is 6.07. The van der Waals surface area contributed by atoms with Crippen LogP contribution in [0.1, 0.15) is 29.9 Å². The van der Waals surface area contributed by atoms with Gasteiger partial charge in [-0.1, -0.05) is 13.8 Å². The van der Waals surface area contributed by atoms with Crippen LogP contribution in [0.25, 0.3) is 0 Å². The number of thiazole rings is 1. The summed E-state index contributed by atoms with van der Waals surface area (Å²) in [6.45, 7) is 5.62. The van der Waals surface area contributed by atoms with Crippen molar-refractivity contribution >= 4 is 22.4 Å². The Balaban J connectivity index is 1.93. The van der Waals surface area contributed by atoms with Gasteiger partial charge in [-0.25, -0.2) is 4.98 Å². The van der Waals surface area contributed by atoms with E-state index in [-0.39, 0.29) is 5.91 Å². The first kappa shape index (κ1) is 17.4. The number of hydrogen-bond donors (Lipinski definition) is 1. The molecule has 124 valence electrons. The van der Waals surface area contributed by atoms with Gasteiger partial charge in [-0.15, -0.1) is 11.3 Å². The first-order valence-electron chi connectivity index (χ1n) is 7.57. The summed E-state index contributed by atoms with van der Waals surface area (Å²) in [6.07, 6.45) is 0. The molecule has 2 rings (SSSR count). The van der Waals surface area contributed by atoms with E-state index < -0.39 is 0 Å². The minimum atomic E-state index is -0.161. The molecule has 0 aliphatic carbocycles. The van der Waals surface area contributed by atoms with E-state index in [9.17, 15) is 4.79 Å². The molecule has 0 spiro atoms. The summed E-state index contributed by atoms with van der Waals surface area (Å²) in [7, 11) is 3.97. The predicted molar refractivity (Wildman–Crippen MR) is 94.2 cm³/mol. The molecular weight excluding hydrogens is 310 g/mol. The Morgan fingerprint density at radius 1 is 1.30 bits per heavy atom. The fourth-order valence-corrected chi connectivity index (χ4v) is 2.59. The van der Waals surface area contributed by atoms with E-state index in [0.29, 0.717) is 23.2 Å². The molecule has 0 saturated carbocycles. The molecular formula is C17H23N3O2S. The van der Waals surface area contributed by atoms with Crippen LogP contribution in [0, 0.1) is 5.92 Å². The second kappa shape index (κ2) is 8.08. The zero-order valence-electron chi connectivity index (χ0n) is 14.0. The van der Waals surface area contributed by atoms with Crippen LogP contribution in [0.15, 0.2) is 29.6 Å². The fraction of sp³-hybridized carbons (Fsp3) is 0.412. The lowest BCUT2D eigenvalue weighted by Gasteiger charge is -2.09. The molecule has 1 aromatic heterocycles. The number of benzene rings is 1. The minimum Gasteiger partial charge on any atom is -0.493 e. The van der Waals surface area contributed by atoms with E-state index in [1.807, 2.05) is 36.5 Å². The number of rotatable bonds is 7. The van der Waals surface area contributed by atoms with Crippen LogP contribution in [-0.4, -0.2) is 36.5 Å². The third kappa shape index (κ3) is 5.65. The van der Waals surface area contributed by atoms with Gasteiger partial charge in [0.25, 0.3) is 5.91 Å². The van der Waals surface area contributed by atoms with Crippen molar-refractivity contribution in [2.24, 2.45) is 5.92 Å². The molecule has 0 radical (unpaired) electrons. The van der Waals surface area contributed by atoms with Crippen molar-refractivity contribution in [3.63, 3.8) is 0 Å². The first-order chi connectivity index (χ1) is 10.9. The van der Waals surface area contributed by atoms with Crippen LogP contribution in [0.3, 0.4) is 0 Å². The molecule has 1 N–H and O–H groups in total. The van der Waals surface area contributed by atoms with Crippen molar-refractivity contribution in [1.82, 2.24) is 9.88 Å². The summed E-state index contributed by atoms with van der Waals surface area (Å²) in [5.41, 5.74) is 1.54. The first-order valence-corrected chi connectivity index (χ1v) is 8.45. The van der Waals surface area contributed by atoms with E-state index in [0.717, 1.165) is 18.0 Å². The molecule has 0 fully saturated rings. The SMILES string of the molecule is CC(C)COc1ccc(C(=O)Nc2nc(CN(C)C)cs2)cc1. The van der Waals surface area contributed by atoms with E-state index in [2.05, 4.69) is 24.1 Å². The zero-order valence-corrected chi connectivity index (χ0v) is 14.8. The molecule has 1 heterocycles. The van der Waals surface area contributed by atoms with Crippen LogP contribution >= 0.6 is 11.3 Å². The van der Waals surface area contributed by atoms with Crippen LogP contribution in [0.4, 0.5) is 5.13 Å². The van der Waals surface area contributed by atoms with Gasteiger partial charge in [0.15, 0.2) is 5.13 Å². The molecule has 5 nitrogen and oxygen atoms in total. The fourth-order valence-electron chi connectivity index (χ4n) is 1.90. The van der Waals surface area contributed by atoms with Crippen molar-refractivity contribution in [3.8, 4) is 5.75 Å². The van der Waals surface area contributed by atoms with Gasteiger partial charge in [-0.2, -0.15) is 0 Å². The average molecular weight is 333 g/mol. The summed E-state index contributed by atoms with van der Waals surface area (Å²) in [5, 5.41) is 5.41. The molecule has 2 aromatic rings. The Morgan fingerprint density at radius 3 is 2.61 bits per heavy atom. The third-order valence-electron chi connectivity index (χ3n) is 2.95. The molecule has 23 heavy (non-hydrogen) atoms. The van der Waals surface area contributed by atoms with E-state index in [1.54, 1.807) is 12.1 Å². The predicted octanol–water partition coefficient (Wildman–Crippen LogP) is 3.49. The highest BCUT2D eigenvalue weighted by Crippen LogP contribution is 2.18. The number of aromatic nitrogens is 1. The Hall–Kier alpha value is -1.92. The lowest BCUT2D eigenvalue weighted by atomic mass is 10.2. The maximum Gasteiger partial charge on any atom is 0.257 e. The van der Waals surface area contributed by atoms with Crippen LogP contribution in [0.5, 0.6) is 5.75 Å².